The first-order valence-electron chi connectivity index (χ1n) is 7.79. The molecular weight excluding hydrogens is 396 g/mol. The number of thiophene rings is 1. The van der Waals surface area contributed by atoms with Crippen LogP contribution in [0.5, 0.6) is 0 Å². The van der Waals surface area contributed by atoms with Crippen LogP contribution in [0.3, 0.4) is 0 Å². The number of aromatic amines is 1. The van der Waals surface area contributed by atoms with E-state index in [0.29, 0.717) is 39.2 Å². The number of rotatable bonds is 5. The summed E-state index contributed by atoms with van der Waals surface area (Å²) in [6, 6.07) is 4.98. The minimum atomic E-state index is -3.75. The van der Waals surface area contributed by atoms with Crippen molar-refractivity contribution in [1.29, 1.82) is 0 Å². The Morgan fingerprint density at radius 3 is 2.88 bits per heavy atom. The van der Waals surface area contributed by atoms with Crippen molar-refractivity contribution in [3.8, 4) is 10.7 Å². The molecule has 3 aromatic rings. The Hall–Kier alpha value is -2.01. The van der Waals surface area contributed by atoms with E-state index in [1.54, 1.807) is 6.07 Å². The Kier molecular flexibility index (Phi) is 4.22. The van der Waals surface area contributed by atoms with Crippen LogP contribution in [0.1, 0.15) is 29.2 Å². The number of H-pyrrole nitrogens is 1. The van der Waals surface area contributed by atoms with Crippen LogP contribution in [-0.4, -0.2) is 28.6 Å². The van der Waals surface area contributed by atoms with Gasteiger partial charge in [-0.25, -0.2) is 23.5 Å². The van der Waals surface area contributed by atoms with Crippen molar-refractivity contribution in [1.82, 2.24) is 20.2 Å². The summed E-state index contributed by atoms with van der Waals surface area (Å²) in [5, 5.41) is 15.8. The largest absolute Gasteiger partial charge is 0.322 e. The molecule has 0 spiro atoms. The van der Waals surface area contributed by atoms with Gasteiger partial charge in [-0.2, -0.15) is 5.10 Å². The molecule has 1 fully saturated rings. The molecule has 2 atom stereocenters. The zero-order valence-corrected chi connectivity index (χ0v) is 16.0. The van der Waals surface area contributed by atoms with Gasteiger partial charge in [-0.3, -0.25) is 5.10 Å². The van der Waals surface area contributed by atoms with E-state index in [0.717, 1.165) is 23.5 Å². The normalized spacial score (nSPS) is 19.5. The third kappa shape index (κ3) is 3.45. The van der Waals surface area contributed by atoms with E-state index in [2.05, 4.69) is 32.4 Å². The van der Waals surface area contributed by atoms with Gasteiger partial charge in [0.1, 0.15) is 9.23 Å². The average Bonchev–Trinajstić information content (AvgIpc) is 3.01. The van der Waals surface area contributed by atoms with E-state index in [1.165, 1.54) is 12.3 Å². The molecule has 11 heteroatoms. The second-order valence-electron chi connectivity index (χ2n) is 6.21. The van der Waals surface area contributed by atoms with Crippen LogP contribution in [-0.2, 0) is 10.0 Å². The number of nitrogens with one attached hydrogen (secondary N) is 2. The second-order valence-corrected chi connectivity index (χ2v) is 9.49. The van der Waals surface area contributed by atoms with Crippen LogP contribution in [0.25, 0.3) is 10.7 Å². The molecule has 0 radical (unpaired) electrons. The van der Waals surface area contributed by atoms with Crippen LogP contribution in [0.15, 0.2) is 28.6 Å². The lowest BCUT2D eigenvalue weighted by Gasteiger charge is -2.05. The monoisotopic (exact) mass is 416 g/mol. The van der Waals surface area contributed by atoms with Crippen molar-refractivity contribution in [2.24, 2.45) is 11.1 Å². The quantitative estimate of drug-likeness (QED) is 0.579. The van der Waals surface area contributed by atoms with Gasteiger partial charge in [-0.15, -0.1) is 11.3 Å². The number of primary sulfonamides is 1. The summed E-state index contributed by atoms with van der Waals surface area (Å²) in [7, 11) is -3.75. The Morgan fingerprint density at radius 2 is 2.23 bits per heavy atom. The zero-order chi connectivity index (χ0) is 18.5. The van der Waals surface area contributed by atoms with Crippen molar-refractivity contribution < 1.29 is 12.7 Å². The number of aromatic nitrogens is 4. The van der Waals surface area contributed by atoms with Gasteiger partial charge in [0.2, 0.25) is 10.0 Å². The summed E-state index contributed by atoms with van der Waals surface area (Å²) in [5.41, 5.74) is 1.08. The number of nitrogens with zero attached hydrogens (tertiary/aromatic N) is 3. The standard InChI is InChI=1S/C15H15ClN6O2S2.3H2/c1-7-4-8(7)10-5-12(22-21-10)19-14-9(16)6-18-15(20-14)11-2-3-13(25-11)26(17,23)24;;;/h2-3,5-8H,4H2,1H3,(H2,17,23,24)(H2,18,19,20,21,22);3*1H. The third-order valence-corrected chi connectivity index (χ3v) is 6.98. The Morgan fingerprint density at radius 1 is 1.46 bits per heavy atom. The molecule has 26 heavy (non-hydrogen) atoms. The highest BCUT2D eigenvalue weighted by Crippen LogP contribution is 2.46. The van der Waals surface area contributed by atoms with Gasteiger partial charge in [-0.1, -0.05) is 18.5 Å². The molecule has 0 aromatic carbocycles. The van der Waals surface area contributed by atoms with E-state index in [1.807, 2.05) is 6.07 Å². The minimum absolute atomic E-state index is 0. The van der Waals surface area contributed by atoms with Crippen molar-refractivity contribution >= 4 is 44.6 Å². The highest BCUT2D eigenvalue weighted by molar-refractivity contribution is 7.91. The van der Waals surface area contributed by atoms with Crippen molar-refractivity contribution in [3.05, 3.63) is 35.1 Å². The smallest absolute Gasteiger partial charge is 0.247 e. The van der Waals surface area contributed by atoms with E-state index in [-0.39, 0.29) is 8.49 Å². The van der Waals surface area contributed by atoms with Gasteiger partial charge in [0.05, 0.1) is 11.1 Å². The summed E-state index contributed by atoms with van der Waals surface area (Å²) in [5.74, 6) is 2.55. The Balaban J connectivity index is 0.00000140. The molecule has 2 unspecified atom stereocenters. The molecule has 8 nitrogen and oxygen atoms in total. The molecule has 3 aromatic heterocycles. The molecule has 1 aliphatic rings. The van der Waals surface area contributed by atoms with Crippen LogP contribution < -0.4 is 10.5 Å². The van der Waals surface area contributed by atoms with E-state index >= 15 is 0 Å². The number of hydrogen-bond acceptors (Lipinski definition) is 7. The van der Waals surface area contributed by atoms with Crippen molar-refractivity contribution in [2.75, 3.05) is 5.32 Å². The SMILES string of the molecule is CC1CC1c1cc(Nc2nc(-c3ccc(S(N)(=O)=O)s3)ncc2Cl)n[nH]1.[HH].[HH].[HH]. The molecule has 0 saturated heterocycles. The second kappa shape index (κ2) is 6.31. The molecule has 0 amide bonds. The first-order chi connectivity index (χ1) is 12.3. The maximum absolute atomic E-state index is 11.4. The zero-order valence-electron chi connectivity index (χ0n) is 13.6. The number of nitrogens with two attached hydrogens (primary N) is 1. The molecule has 142 valence electrons. The van der Waals surface area contributed by atoms with Crippen LogP contribution in [0.4, 0.5) is 11.6 Å². The fraction of sp³-hybridized carbons (Fsp3) is 0.267. The molecular formula is C15H21ClN6O2S2. The average molecular weight is 417 g/mol. The predicted molar refractivity (Wildman–Crippen MR) is 106 cm³/mol. The fourth-order valence-corrected chi connectivity index (χ4v) is 4.44. The predicted octanol–water partition coefficient (Wildman–Crippen LogP) is 3.83. The summed E-state index contributed by atoms with van der Waals surface area (Å²) < 4.78 is 22.9. The molecule has 4 N–H and O–H groups in total. The Bertz CT molecular complexity index is 1090. The van der Waals surface area contributed by atoms with E-state index < -0.39 is 10.0 Å². The lowest BCUT2D eigenvalue weighted by molar-refractivity contribution is 0.600. The minimum Gasteiger partial charge on any atom is -0.322 e. The number of halogens is 1. The first-order valence-corrected chi connectivity index (χ1v) is 10.5. The molecule has 1 saturated carbocycles. The number of anilines is 2. The van der Waals surface area contributed by atoms with Crippen molar-refractivity contribution in [2.45, 2.75) is 23.5 Å². The molecule has 0 bridgehead atoms. The van der Waals surface area contributed by atoms with Crippen molar-refractivity contribution in [3.63, 3.8) is 0 Å². The molecule has 3 heterocycles. The summed E-state index contributed by atoms with van der Waals surface area (Å²) in [6.07, 6.45) is 2.61. The topological polar surface area (TPSA) is 127 Å². The fourth-order valence-electron chi connectivity index (χ4n) is 2.63. The maximum atomic E-state index is 11.4. The molecule has 0 aliphatic heterocycles. The van der Waals surface area contributed by atoms with Crippen LogP contribution in [0.2, 0.25) is 5.02 Å². The highest BCUT2D eigenvalue weighted by atomic mass is 35.5. The summed E-state index contributed by atoms with van der Waals surface area (Å²) >= 11 is 7.18. The number of sulfonamides is 1. The van der Waals surface area contributed by atoms with Crippen LogP contribution in [0, 0.1) is 5.92 Å². The van der Waals surface area contributed by atoms with Gasteiger partial charge in [0, 0.05) is 22.0 Å². The number of hydrogen-bond donors (Lipinski definition) is 3. The lowest BCUT2D eigenvalue weighted by atomic mass is 10.2. The van der Waals surface area contributed by atoms with Gasteiger partial charge >= 0.3 is 0 Å². The van der Waals surface area contributed by atoms with Crippen LogP contribution >= 0.6 is 22.9 Å². The summed E-state index contributed by atoms with van der Waals surface area (Å²) in [4.78, 5) is 9.12. The van der Waals surface area contributed by atoms with Gasteiger partial charge in [0.15, 0.2) is 17.5 Å². The first kappa shape index (κ1) is 17.4. The highest BCUT2D eigenvalue weighted by Gasteiger charge is 2.35. The molecule has 4 rings (SSSR count). The Labute approximate surface area is 163 Å². The summed E-state index contributed by atoms with van der Waals surface area (Å²) in [6.45, 7) is 2.20. The van der Waals surface area contributed by atoms with Gasteiger partial charge in [-0.05, 0) is 24.5 Å². The third-order valence-electron chi connectivity index (χ3n) is 4.18. The van der Waals surface area contributed by atoms with E-state index in [9.17, 15) is 8.42 Å². The molecule has 1 aliphatic carbocycles. The van der Waals surface area contributed by atoms with Gasteiger partial charge < -0.3 is 5.32 Å². The maximum Gasteiger partial charge on any atom is 0.247 e. The van der Waals surface area contributed by atoms with Gasteiger partial charge in [0.25, 0.3) is 0 Å². The lowest BCUT2D eigenvalue weighted by Crippen LogP contribution is -2.09. The van der Waals surface area contributed by atoms with E-state index in [4.69, 9.17) is 16.7 Å².